The highest BCUT2D eigenvalue weighted by molar-refractivity contribution is 6.33. The summed E-state index contributed by atoms with van der Waals surface area (Å²) in [6, 6.07) is 3.85. The van der Waals surface area contributed by atoms with Crippen LogP contribution in [0, 0.1) is 0 Å². The molecule has 0 fully saturated rings. The van der Waals surface area contributed by atoms with Gasteiger partial charge in [0.15, 0.2) is 0 Å². The molecule has 0 saturated carbocycles. The number of benzene rings is 1. The predicted octanol–water partition coefficient (Wildman–Crippen LogP) is 1.65. The molecule has 3 N–H and O–H groups in total. The summed E-state index contributed by atoms with van der Waals surface area (Å²) in [5.74, 6) is 0.135. The number of aromatic hydroxyl groups is 1. The number of rotatable bonds is 3. The molecule has 0 aliphatic heterocycles. The van der Waals surface area contributed by atoms with Crippen molar-refractivity contribution < 1.29 is 9.90 Å². The van der Waals surface area contributed by atoms with Crippen LogP contribution in [0.4, 0.5) is 0 Å². The number of hydrogen-bond donors (Lipinski definition) is 3. The van der Waals surface area contributed by atoms with Gasteiger partial charge in [0, 0.05) is 0 Å². The van der Waals surface area contributed by atoms with E-state index in [0.717, 1.165) is 0 Å². The smallest absolute Gasteiger partial charge is 0.253 e. The average molecular weight is 267 g/mol. The van der Waals surface area contributed by atoms with Crippen molar-refractivity contribution in [3.8, 4) is 5.75 Å². The van der Waals surface area contributed by atoms with Gasteiger partial charge in [-0.25, -0.2) is 4.98 Å². The number of aromatic nitrogens is 3. The Balaban J connectivity index is 2.15. The first-order valence-corrected chi connectivity index (χ1v) is 5.60. The summed E-state index contributed by atoms with van der Waals surface area (Å²) in [7, 11) is 0. The quantitative estimate of drug-likeness (QED) is 0.788. The third kappa shape index (κ3) is 2.60. The van der Waals surface area contributed by atoms with E-state index < -0.39 is 0 Å². The molecule has 0 aliphatic carbocycles. The molecule has 1 heterocycles. The minimum atomic E-state index is -0.389. The number of hydrogen-bond acceptors (Lipinski definition) is 4. The Morgan fingerprint density at radius 3 is 3.00 bits per heavy atom. The standard InChI is InChI=1S/C11H11ClN4O2/c1-6(10-13-5-14-16-10)15-11(18)8-4-7(17)2-3-9(8)12/h2-6,17H,1H3,(H,15,18)(H,13,14,16). The van der Waals surface area contributed by atoms with Crippen LogP contribution in [-0.2, 0) is 0 Å². The Hall–Kier alpha value is -2.08. The van der Waals surface area contributed by atoms with Crippen molar-refractivity contribution in [2.24, 2.45) is 0 Å². The molecule has 2 rings (SSSR count). The second kappa shape index (κ2) is 5.05. The molecule has 7 heteroatoms. The van der Waals surface area contributed by atoms with E-state index in [1.807, 2.05) is 0 Å². The Morgan fingerprint density at radius 1 is 1.56 bits per heavy atom. The Bertz CT molecular complexity index is 556. The zero-order valence-electron chi connectivity index (χ0n) is 9.51. The van der Waals surface area contributed by atoms with Crippen molar-refractivity contribution in [1.29, 1.82) is 0 Å². The molecule has 1 aromatic heterocycles. The van der Waals surface area contributed by atoms with Crippen LogP contribution >= 0.6 is 11.6 Å². The number of carbonyl (C=O) groups is 1. The lowest BCUT2D eigenvalue weighted by Gasteiger charge is -2.12. The SMILES string of the molecule is CC(NC(=O)c1cc(O)ccc1Cl)c1ncn[nH]1. The first-order chi connectivity index (χ1) is 8.58. The van der Waals surface area contributed by atoms with Gasteiger partial charge in [0.1, 0.15) is 17.9 Å². The van der Waals surface area contributed by atoms with Crippen molar-refractivity contribution in [3.05, 3.63) is 40.9 Å². The number of carbonyl (C=O) groups excluding carboxylic acids is 1. The van der Waals surface area contributed by atoms with E-state index in [9.17, 15) is 9.90 Å². The van der Waals surface area contributed by atoms with E-state index in [-0.39, 0.29) is 28.3 Å². The van der Waals surface area contributed by atoms with Crippen LogP contribution in [-0.4, -0.2) is 26.2 Å². The van der Waals surface area contributed by atoms with E-state index >= 15 is 0 Å². The van der Waals surface area contributed by atoms with Gasteiger partial charge in [-0.2, -0.15) is 5.10 Å². The Kier molecular flexibility index (Phi) is 3.47. The van der Waals surface area contributed by atoms with E-state index in [0.29, 0.717) is 5.82 Å². The van der Waals surface area contributed by atoms with Crippen LogP contribution in [0.1, 0.15) is 29.1 Å². The van der Waals surface area contributed by atoms with Gasteiger partial charge < -0.3 is 10.4 Å². The topological polar surface area (TPSA) is 90.9 Å². The number of H-pyrrole nitrogens is 1. The molecule has 94 valence electrons. The molecular formula is C11H11ClN4O2. The van der Waals surface area contributed by atoms with E-state index in [2.05, 4.69) is 20.5 Å². The van der Waals surface area contributed by atoms with E-state index in [4.69, 9.17) is 11.6 Å². The third-order valence-corrected chi connectivity index (χ3v) is 2.72. The molecule has 18 heavy (non-hydrogen) atoms. The number of nitrogens with zero attached hydrogens (tertiary/aromatic N) is 2. The number of phenolic OH excluding ortho intramolecular Hbond substituents is 1. The maximum absolute atomic E-state index is 12.0. The van der Waals surface area contributed by atoms with Crippen LogP contribution in [0.25, 0.3) is 0 Å². The second-order valence-corrected chi connectivity index (χ2v) is 4.14. The molecule has 0 saturated heterocycles. The van der Waals surface area contributed by atoms with Gasteiger partial charge >= 0.3 is 0 Å². The summed E-state index contributed by atoms with van der Waals surface area (Å²) in [5.41, 5.74) is 0.211. The molecule has 1 aromatic carbocycles. The number of nitrogens with one attached hydrogen (secondary N) is 2. The van der Waals surface area contributed by atoms with Crippen LogP contribution in [0.3, 0.4) is 0 Å². The molecule has 2 aromatic rings. The van der Waals surface area contributed by atoms with Gasteiger partial charge in [-0.3, -0.25) is 9.89 Å². The minimum absolute atomic E-state index is 0.0168. The summed E-state index contributed by atoms with van der Waals surface area (Å²) in [4.78, 5) is 15.9. The maximum Gasteiger partial charge on any atom is 0.253 e. The summed E-state index contributed by atoms with van der Waals surface area (Å²) in [6.45, 7) is 1.76. The fraction of sp³-hybridized carbons (Fsp3) is 0.182. The highest BCUT2D eigenvalue weighted by Gasteiger charge is 2.16. The molecule has 6 nitrogen and oxygen atoms in total. The first-order valence-electron chi connectivity index (χ1n) is 5.22. The van der Waals surface area contributed by atoms with Gasteiger partial charge in [-0.05, 0) is 25.1 Å². The molecule has 1 unspecified atom stereocenters. The fourth-order valence-corrected chi connectivity index (χ4v) is 1.66. The minimum Gasteiger partial charge on any atom is -0.508 e. The summed E-state index contributed by atoms with van der Waals surface area (Å²) < 4.78 is 0. The van der Waals surface area contributed by atoms with Crippen LogP contribution in [0.15, 0.2) is 24.5 Å². The van der Waals surface area contributed by atoms with Crippen molar-refractivity contribution in [1.82, 2.24) is 20.5 Å². The predicted molar refractivity (Wildman–Crippen MR) is 65.4 cm³/mol. The first kappa shape index (κ1) is 12.4. The van der Waals surface area contributed by atoms with Crippen molar-refractivity contribution in [2.75, 3.05) is 0 Å². The molecule has 1 amide bonds. The average Bonchev–Trinajstić information content (AvgIpc) is 2.85. The van der Waals surface area contributed by atoms with E-state index in [1.54, 1.807) is 6.92 Å². The summed E-state index contributed by atoms with van der Waals surface area (Å²) in [6.07, 6.45) is 1.36. The molecule has 0 bridgehead atoms. The van der Waals surface area contributed by atoms with E-state index in [1.165, 1.54) is 24.5 Å². The van der Waals surface area contributed by atoms with Crippen molar-refractivity contribution in [3.63, 3.8) is 0 Å². The Labute approximate surface area is 108 Å². The monoisotopic (exact) mass is 266 g/mol. The van der Waals surface area contributed by atoms with Crippen molar-refractivity contribution in [2.45, 2.75) is 13.0 Å². The number of amides is 1. The molecule has 0 aliphatic rings. The highest BCUT2D eigenvalue weighted by Crippen LogP contribution is 2.21. The molecule has 1 atom stereocenters. The molecule has 0 spiro atoms. The lowest BCUT2D eigenvalue weighted by Crippen LogP contribution is -2.27. The zero-order chi connectivity index (χ0) is 13.1. The van der Waals surface area contributed by atoms with Gasteiger partial charge in [-0.15, -0.1) is 0 Å². The van der Waals surface area contributed by atoms with Crippen LogP contribution < -0.4 is 5.32 Å². The summed E-state index contributed by atoms with van der Waals surface area (Å²) in [5, 5.41) is 18.7. The normalized spacial score (nSPS) is 12.1. The number of phenols is 1. The number of halogens is 1. The van der Waals surface area contributed by atoms with Gasteiger partial charge in [0.05, 0.1) is 16.6 Å². The lowest BCUT2D eigenvalue weighted by molar-refractivity contribution is 0.0938. The third-order valence-electron chi connectivity index (χ3n) is 2.39. The highest BCUT2D eigenvalue weighted by atomic mass is 35.5. The number of aromatic amines is 1. The maximum atomic E-state index is 12.0. The second-order valence-electron chi connectivity index (χ2n) is 3.73. The molecule has 0 radical (unpaired) electrons. The van der Waals surface area contributed by atoms with Crippen LogP contribution in [0.5, 0.6) is 5.75 Å². The van der Waals surface area contributed by atoms with Gasteiger partial charge in [0.2, 0.25) is 0 Å². The van der Waals surface area contributed by atoms with Gasteiger partial charge in [-0.1, -0.05) is 11.6 Å². The zero-order valence-corrected chi connectivity index (χ0v) is 10.3. The lowest BCUT2D eigenvalue weighted by atomic mass is 10.2. The summed E-state index contributed by atoms with van der Waals surface area (Å²) >= 11 is 5.89. The van der Waals surface area contributed by atoms with Crippen LogP contribution in [0.2, 0.25) is 5.02 Å². The van der Waals surface area contributed by atoms with Gasteiger partial charge in [0.25, 0.3) is 5.91 Å². The fourth-order valence-electron chi connectivity index (χ4n) is 1.45. The van der Waals surface area contributed by atoms with Crippen molar-refractivity contribution >= 4 is 17.5 Å². The largest absolute Gasteiger partial charge is 0.508 e. The molecular weight excluding hydrogens is 256 g/mol. The Morgan fingerprint density at radius 2 is 2.33 bits per heavy atom.